The third kappa shape index (κ3) is 5.81. The molecule has 0 fully saturated rings. The summed E-state index contributed by atoms with van der Waals surface area (Å²) >= 11 is 0. The zero-order valence-corrected chi connectivity index (χ0v) is 16.2. The largest absolute Gasteiger partial charge is 0.489 e. The molecule has 0 saturated heterocycles. The van der Waals surface area contributed by atoms with Crippen molar-refractivity contribution in [1.29, 1.82) is 0 Å². The molecule has 0 aliphatic rings. The fourth-order valence-electron chi connectivity index (χ4n) is 2.63. The predicted octanol–water partition coefficient (Wildman–Crippen LogP) is 5.52. The van der Waals surface area contributed by atoms with Crippen LogP contribution < -0.4 is 15.4 Å². The number of halogens is 5. The van der Waals surface area contributed by atoms with Gasteiger partial charge in [-0.2, -0.15) is 13.2 Å². The highest BCUT2D eigenvalue weighted by molar-refractivity contribution is 6.08. The second kappa shape index (κ2) is 9.46. The third-order valence-corrected chi connectivity index (χ3v) is 4.22. The molecule has 3 aromatic carbocycles. The van der Waals surface area contributed by atoms with E-state index in [2.05, 4.69) is 5.32 Å². The molecule has 0 bridgehead atoms. The molecule has 0 aliphatic carbocycles. The van der Waals surface area contributed by atoms with E-state index in [9.17, 15) is 31.5 Å². The molecule has 0 radical (unpaired) electrons. The average Bonchev–Trinajstić information content (AvgIpc) is 2.72. The Morgan fingerprint density at radius 3 is 2.00 bits per heavy atom. The molecule has 3 aromatic rings. The van der Waals surface area contributed by atoms with Crippen molar-refractivity contribution in [2.75, 3.05) is 5.32 Å². The van der Waals surface area contributed by atoms with Gasteiger partial charge in [0, 0.05) is 5.69 Å². The summed E-state index contributed by atoms with van der Waals surface area (Å²) in [5.41, 5.74) is -0.856. The Morgan fingerprint density at radius 1 is 0.844 bits per heavy atom. The van der Waals surface area contributed by atoms with Crippen molar-refractivity contribution < 1.29 is 36.3 Å². The second-order valence-corrected chi connectivity index (χ2v) is 6.51. The number of urea groups is 1. The van der Waals surface area contributed by atoms with Crippen LogP contribution in [-0.4, -0.2) is 11.9 Å². The smallest absolute Gasteiger partial charge is 0.416 e. The molecule has 0 unspecified atom stereocenters. The summed E-state index contributed by atoms with van der Waals surface area (Å²) in [6, 6.07) is 12.2. The summed E-state index contributed by atoms with van der Waals surface area (Å²) in [5, 5.41) is 4.15. The highest BCUT2D eigenvalue weighted by Crippen LogP contribution is 2.29. The molecular formula is C22H15F5N2O3. The van der Waals surface area contributed by atoms with Gasteiger partial charge in [-0.25, -0.2) is 13.6 Å². The van der Waals surface area contributed by atoms with Crippen molar-refractivity contribution in [3.63, 3.8) is 0 Å². The second-order valence-electron chi connectivity index (χ2n) is 6.51. The van der Waals surface area contributed by atoms with Crippen molar-refractivity contribution >= 4 is 17.6 Å². The van der Waals surface area contributed by atoms with Crippen LogP contribution in [0, 0.1) is 11.6 Å². The van der Waals surface area contributed by atoms with Crippen LogP contribution in [0.2, 0.25) is 0 Å². The summed E-state index contributed by atoms with van der Waals surface area (Å²) in [6.07, 6.45) is -4.41. The lowest BCUT2D eigenvalue weighted by Crippen LogP contribution is -2.35. The molecule has 2 N–H and O–H groups in total. The first kappa shape index (κ1) is 22.7. The van der Waals surface area contributed by atoms with Gasteiger partial charge >= 0.3 is 12.2 Å². The first-order valence-electron chi connectivity index (χ1n) is 9.09. The first-order valence-corrected chi connectivity index (χ1v) is 9.09. The molecule has 0 saturated carbocycles. The highest BCUT2D eigenvalue weighted by Gasteiger charge is 2.29. The number of imide groups is 1. The number of hydrogen-bond donors (Lipinski definition) is 2. The van der Waals surface area contributed by atoms with Crippen LogP contribution in [0.3, 0.4) is 0 Å². The average molecular weight is 450 g/mol. The van der Waals surface area contributed by atoms with E-state index >= 15 is 0 Å². The predicted molar refractivity (Wildman–Crippen MR) is 105 cm³/mol. The Kier molecular flexibility index (Phi) is 6.72. The van der Waals surface area contributed by atoms with Gasteiger partial charge in [0.25, 0.3) is 5.91 Å². The lowest BCUT2D eigenvalue weighted by atomic mass is 10.1. The summed E-state index contributed by atoms with van der Waals surface area (Å²) in [5.74, 6) is -3.08. The first-order chi connectivity index (χ1) is 15.1. The van der Waals surface area contributed by atoms with E-state index in [-0.39, 0.29) is 12.3 Å². The van der Waals surface area contributed by atoms with Crippen LogP contribution in [0.4, 0.5) is 32.4 Å². The lowest BCUT2D eigenvalue weighted by Gasteiger charge is -2.10. The van der Waals surface area contributed by atoms with Crippen LogP contribution in [-0.2, 0) is 12.8 Å². The number of hydrogen-bond acceptors (Lipinski definition) is 3. The minimum Gasteiger partial charge on any atom is -0.489 e. The van der Waals surface area contributed by atoms with Crippen LogP contribution in [0.25, 0.3) is 0 Å². The Morgan fingerprint density at radius 2 is 1.44 bits per heavy atom. The zero-order chi connectivity index (χ0) is 23.3. The fourth-order valence-corrected chi connectivity index (χ4v) is 2.63. The van der Waals surface area contributed by atoms with E-state index in [0.717, 1.165) is 30.3 Å². The summed E-state index contributed by atoms with van der Waals surface area (Å²) in [4.78, 5) is 23.8. The lowest BCUT2D eigenvalue weighted by molar-refractivity contribution is -0.137. The van der Waals surface area contributed by atoms with Gasteiger partial charge in [0.2, 0.25) is 0 Å². The number of alkyl halides is 3. The minimum absolute atomic E-state index is 0.0219. The molecular weight excluding hydrogens is 435 g/mol. The monoisotopic (exact) mass is 450 g/mol. The van der Waals surface area contributed by atoms with Crippen molar-refractivity contribution in [1.82, 2.24) is 5.32 Å². The van der Waals surface area contributed by atoms with Crippen molar-refractivity contribution in [3.05, 3.63) is 95.1 Å². The number of amides is 3. The number of carbonyl (C=O) groups is 2. The Bertz CT molecular complexity index is 1090. The van der Waals surface area contributed by atoms with Gasteiger partial charge in [0.15, 0.2) is 0 Å². The number of nitrogens with one attached hydrogen (secondary N) is 2. The normalized spacial score (nSPS) is 11.0. The molecule has 0 aromatic heterocycles. The quantitative estimate of drug-likeness (QED) is 0.503. The Hall–Kier alpha value is -3.95. The molecule has 10 heteroatoms. The Balaban J connectivity index is 1.53. The van der Waals surface area contributed by atoms with E-state index in [1.165, 1.54) is 36.4 Å². The number of rotatable bonds is 5. The maximum Gasteiger partial charge on any atom is 0.416 e. The third-order valence-electron chi connectivity index (χ3n) is 4.22. The van der Waals surface area contributed by atoms with Gasteiger partial charge in [-0.1, -0.05) is 18.2 Å². The molecule has 3 rings (SSSR count). The van der Waals surface area contributed by atoms with Crippen molar-refractivity contribution in [3.8, 4) is 5.75 Å². The topological polar surface area (TPSA) is 67.4 Å². The molecule has 0 heterocycles. The van der Waals surface area contributed by atoms with Gasteiger partial charge in [0.05, 0.1) is 5.56 Å². The molecule has 0 aliphatic heterocycles. The van der Waals surface area contributed by atoms with E-state index in [4.69, 9.17) is 4.74 Å². The SMILES string of the molecule is O=C(NC(=O)c1c(F)cccc1F)Nc1ccc(OCc2ccc(C(F)(F)F)cc2)cc1. The summed E-state index contributed by atoms with van der Waals surface area (Å²) in [7, 11) is 0. The Labute approximate surface area is 178 Å². The molecule has 166 valence electrons. The van der Waals surface area contributed by atoms with Gasteiger partial charge in [-0.15, -0.1) is 0 Å². The zero-order valence-electron chi connectivity index (χ0n) is 16.2. The van der Waals surface area contributed by atoms with Gasteiger partial charge < -0.3 is 10.1 Å². The number of benzene rings is 3. The van der Waals surface area contributed by atoms with Gasteiger partial charge in [-0.3, -0.25) is 10.1 Å². The summed E-state index contributed by atoms with van der Waals surface area (Å²) in [6.45, 7) is 0.0219. The van der Waals surface area contributed by atoms with Crippen LogP contribution in [0.5, 0.6) is 5.75 Å². The molecule has 5 nitrogen and oxygen atoms in total. The van der Waals surface area contributed by atoms with Gasteiger partial charge in [-0.05, 0) is 54.1 Å². The van der Waals surface area contributed by atoms with Crippen LogP contribution in [0.1, 0.15) is 21.5 Å². The maximum atomic E-state index is 13.6. The highest BCUT2D eigenvalue weighted by atomic mass is 19.4. The number of anilines is 1. The number of carbonyl (C=O) groups excluding carboxylic acids is 2. The number of ether oxygens (including phenoxy) is 1. The summed E-state index contributed by atoms with van der Waals surface area (Å²) < 4.78 is 70.4. The molecule has 3 amide bonds. The maximum absolute atomic E-state index is 13.6. The van der Waals surface area contributed by atoms with E-state index < -0.39 is 40.9 Å². The molecule has 0 spiro atoms. The van der Waals surface area contributed by atoms with E-state index in [1.54, 1.807) is 0 Å². The van der Waals surface area contributed by atoms with Gasteiger partial charge in [0.1, 0.15) is 29.6 Å². The molecule has 0 atom stereocenters. The minimum atomic E-state index is -4.41. The molecule has 32 heavy (non-hydrogen) atoms. The van der Waals surface area contributed by atoms with Crippen LogP contribution in [0.15, 0.2) is 66.7 Å². The van der Waals surface area contributed by atoms with Crippen LogP contribution >= 0.6 is 0 Å². The van der Waals surface area contributed by atoms with Crippen molar-refractivity contribution in [2.45, 2.75) is 12.8 Å². The van der Waals surface area contributed by atoms with E-state index in [1.807, 2.05) is 5.32 Å². The fraction of sp³-hybridized carbons (Fsp3) is 0.0909. The standard InChI is InChI=1S/C22H15F5N2O3/c23-17-2-1-3-18(24)19(17)20(30)29-21(31)28-15-8-10-16(11-9-15)32-12-13-4-6-14(7-5-13)22(25,26)27/h1-11H,12H2,(H2,28,29,30,31). The van der Waals surface area contributed by atoms with Crippen molar-refractivity contribution in [2.24, 2.45) is 0 Å². The van der Waals surface area contributed by atoms with E-state index in [0.29, 0.717) is 11.3 Å².